The number of imidazole rings is 1. The van der Waals surface area contributed by atoms with Crippen LogP contribution in [0.3, 0.4) is 0 Å². The zero-order valence-electron chi connectivity index (χ0n) is 12.5. The zero-order valence-corrected chi connectivity index (χ0v) is 13.3. The Kier molecular flexibility index (Phi) is 4.44. The number of hydrogen-bond acceptors (Lipinski definition) is 3. The standard InChI is InChI=1S/C18H15ClN2O2/c1-2-23-18(22)16-15(13-10-6-7-11-14(13)19)20-17(21-16)12-8-4-3-5-9-12/h3-11H,2H2,1H3,(H,20,21). The van der Waals surface area contributed by atoms with Gasteiger partial charge in [0.25, 0.3) is 0 Å². The van der Waals surface area contributed by atoms with Gasteiger partial charge in [-0.25, -0.2) is 9.78 Å². The largest absolute Gasteiger partial charge is 0.461 e. The molecule has 1 aromatic heterocycles. The fraction of sp³-hybridized carbons (Fsp3) is 0.111. The van der Waals surface area contributed by atoms with Crippen molar-refractivity contribution in [3.05, 3.63) is 65.3 Å². The average Bonchev–Trinajstić information content (AvgIpc) is 3.01. The van der Waals surface area contributed by atoms with Gasteiger partial charge in [0.15, 0.2) is 5.69 Å². The number of H-pyrrole nitrogens is 1. The van der Waals surface area contributed by atoms with Crippen LogP contribution in [0.2, 0.25) is 5.02 Å². The van der Waals surface area contributed by atoms with Crippen molar-refractivity contribution in [1.82, 2.24) is 9.97 Å². The van der Waals surface area contributed by atoms with E-state index in [1.165, 1.54) is 0 Å². The van der Waals surface area contributed by atoms with Crippen LogP contribution in [-0.4, -0.2) is 22.5 Å². The number of nitrogens with one attached hydrogen (secondary N) is 1. The summed E-state index contributed by atoms with van der Waals surface area (Å²) >= 11 is 6.26. The fourth-order valence-corrected chi connectivity index (χ4v) is 2.53. The number of carbonyl (C=O) groups excluding carboxylic acids is 1. The van der Waals surface area contributed by atoms with E-state index in [-0.39, 0.29) is 0 Å². The van der Waals surface area contributed by atoms with Gasteiger partial charge in [0.05, 0.1) is 11.6 Å². The number of esters is 1. The third kappa shape index (κ3) is 3.12. The predicted octanol–water partition coefficient (Wildman–Crippen LogP) is 4.57. The van der Waals surface area contributed by atoms with Crippen LogP contribution in [-0.2, 0) is 4.74 Å². The van der Waals surface area contributed by atoms with E-state index in [0.717, 1.165) is 5.56 Å². The molecule has 0 aliphatic heterocycles. The number of benzene rings is 2. The lowest BCUT2D eigenvalue weighted by atomic mass is 10.1. The van der Waals surface area contributed by atoms with Gasteiger partial charge in [-0.2, -0.15) is 0 Å². The van der Waals surface area contributed by atoms with Crippen LogP contribution in [0.5, 0.6) is 0 Å². The number of carbonyl (C=O) groups is 1. The molecule has 1 heterocycles. The number of rotatable bonds is 4. The van der Waals surface area contributed by atoms with E-state index in [1.54, 1.807) is 13.0 Å². The molecule has 0 bridgehead atoms. The molecule has 0 spiro atoms. The molecule has 116 valence electrons. The lowest BCUT2D eigenvalue weighted by Gasteiger charge is -2.04. The zero-order chi connectivity index (χ0) is 16.2. The predicted molar refractivity (Wildman–Crippen MR) is 90.4 cm³/mol. The van der Waals surface area contributed by atoms with Crippen molar-refractivity contribution in [1.29, 1.82) is 0 Å². The number of halogens is 1. The molecular formula is C18H15ClN2O2. The van der Waals surface area contributed by atoms with Crippen molar-refractivity contribution in [3.8, 4) is 22.6 Å². The van der Waals surface area contributed by atoms with Crippen molar-refractivity contribution in [3.63, 3.8) is 0 Å². The first-order chi connectivity index (χ1) is 11.2. The third-order valence-electron chi connectivity index (χ3n) is 3.36. The summed E-state index contributed by atoms with van der Waals surface area (Å²) in [5.74, 6) is 0.153. The van der Waals surface area contributed by atoms with Crippen LogP contribution >= 0.6 is 11.6 Å². The summed E-state index contributed by atoms with van der Waals surface area (Å²) in [6.07, 6.45) is 0. The molecule has 3 aromatic rings. The van der Waals surface area contributed by atoms with Crippen molar-refractivity contribution in [2.75, 3.05) is 6.61 Å². The number of aromatic amines is 1. The lowest BCUT2D eigenvalue weighted by Crippen LogP contribution is -2.06. The van der Waals surface area contributed by atoms with Gasteiger partial charge < -0.3 is 9.72 Å². The molecule has 5 heteroatoms. The maximum Gasteiger partial charge on any atom is 0.357 e. The summed E-state index contributed by atoms with van der Waals surface area (Å²) < 4.78 is 5.13. The number of ether oxygens (including phenoxy) is 1. The quantitative estimate of drug-likeness (QED) is 0.714. The van der Waals surface area contributed by atoms with Gasteiger partial charge in [-0.05, 0) is 13.0 Å². The van der Waals surface area contributed by atoms with E-state index in [4.69, 9.17) is 16.3 Å². The van der Waals surface area contributed by atoms with E-state index >= 15 is 0 Å². The Bertz CT molecular complexity index is 828. The molecule has 4 nitrogen and oxygen atoms in total. The smallest absolute Gasteiger partial charge is 0.357 e. The Morgan fingerprint density at radius 3 is 2.52 bits per heavy atom. The molecule has 0 saturated heterocycles. The van der Waals surface area contributed by atoms with Crippen molar-refractivity contribution in [2.45, 2.75) is 6.92 Å². The molecule has 0 unspecified atom stereocenters. The second-order valence-electron chi connectivity index (χ2n) is 4.88. The molecule has 0 aliphatic carbocycles. The lowest BCUT2D eigenvalue weighted by molar-refractivity contribution is 0.0521. The molecule has 2 aromatic carbocycles. The fourth-order valence-electron chi connectivity index (χ4n) is 2.31. The van der Waals surface area contributed by atoms with Crippen molar-refractivity contribution in [2.24, 2.45) is 0 Å². The van der Waals surface area contributed by atoms with E-state index in [1.807, 2.05) is 48.5 Å². The minimum absolute atomic E-state index is 0.292. The molecule has 1 N–H and O–H groups in total. The minimum Gasteiger partial charge on any atom is -0.461 e. The highest BCUT2D eigenvalue weighted by Crippen LogP contribution is 2.31. The van der Waals surface area contributed by atoms with Crippen LogP contribution in [0.25, 0.3) is 22.6 Å². The van der Waals surface area contributed by atoms with Crippen molar-refractivity contribution < 1.29 is 9.53 Å². The second kappa shape index (κ2) is 6.67. The average molecular weight is 327 g/mol. The Hall–Kier alpha value is -2.59. The summed E-state index contributed by atoms with van der Waals surface area (Å²) in [5, 5.41) is 0.532. The van der Waals surface area contributed by atoms with Crippen LogP contribution in [0, 0.1) is 0 Å². The molecule has 0 atom stereocenters. The Morgan fingerprint density at radius 2 is 1.83 bits per heavy atom. The normalized spacial score (nSPS) is 10.5. The molecule has 0 amide bonds. The summed E-state index contributed by atoms with van der Waals surface area (Å²) in [6.45, 7) is 2.06. The van der Waals surface area contributed by atoms with Gasteiger partial charge in [0.2, 0.25) is 0 Å². The number of hydrogen-bond donors (Lipinski definition) is 1. The van der Waals surface area contributed by atoms with Gasteiger partial charge in [0.1, 0.15) is 11.5 Å². The molecule has 0 radical (unpaired) electrons. The van der Waals surface area contributed by atoms with Crippen LogP contribution in [0.4, 0.5) is 0 Å². The van der Waals surface area contributed by atoms with Gasteiger partial charge in [-0.1, -0.05) is 60.1 Å². The number of nitrogens with zero attached hydrogens (tertiary/aromatic N) is 1. The molecular weight excluding hydrogens is 312 g/mol. The second-order valence-corrected chi connectivity index (χ2v) is 5.28. The summed E-state index contributed by atoms with van der Waals surface area (Å²) in [4.78, 5) is 19.9. The molecule has 23 heavy (non-hydrogen) atoms. The molecule has 0 saturated carbocycles. The Balaban J connectivity index is 2.15. The van der Waals surface area contributed by atoms with E-state index in [0.29, 0.717) is 34.4 Å². The first kappa shape index (κ1) is 15.3. The van der Waals surface area contributed by atoms with E-state index < -0.39 is 5.97 Å². The maximum absolute atomic E-state index is 12.3. The van der Waals surface area contributed by atoms with Gasteiger partial charge in [0, 0.05) is 11.1 Å². The molecule has 0 aliphatic rings. The van der Waals surface area contributed by atoms with Crippen LogP contribution in [0.15, 0.2) is 54.6 Å². The summed E-state index contributed by atoms with van der Waals surface area (Å²) in [5.41, 5.74) is 2.37. The summed E-state index contributed by atoms with van der Waals surface area (Å²) in [6, 6.07) is 16.9. The van der Waals surface area contributed by atoms with Crippen molar-refractivity contribution >= 4 is 17.6 Å². The summed E-state index contributed by atoms with van der Waals surface area (Å²) in [7, 11) is 0. The Labute approximate surface area is 139 Å². The first-order valence-electron chi connectivity index (χ1n) is 7.28. The van der Waals surface area contributed by atoms with E-state index in [9.17, 15) is 4.79 Å². The van der Waals surface area contributed by atoms with E-state index in [2.05, 4.69) is 9.97 Å². The topological polar surface area (TPSA) is 55.0 Å². The van der Waals surface area contributed by atoms with Gasteiger partial charge in [-0.15, -0.1) is 0 Å². The van der Waals surface area contributed by atoms with Gasteiger partial charge >= 0.3 is 5.97 Å². The number of aromatic nitrogens is 2. The maximum atomic E-state index is 12.3. The van der Waals surface area contributed by atoms with Crippen LogP contribution in [0.1, 0.15) is 17.4 Å². The SMILES string of the molecule is CCOC(=O)c1[nH]c(-c2ccccc2)nc1-c1ccccc1Cl. The first-order valence-corrected chi connectivity index (χ1v) is 7.66. The molecule has 0 fully saturated rings. The van der Waals surface area contributed by atoms with Crippen LogP contribution < -0.4 is 0 Å². The minimum atomic E-state index is -0.447. The monoisotopic (exact) mass is 326 g/mol. The third-order valence-corrected chi connectivity index (χ3v) is 3.69. The van der Waals surface area contributed by atoms with Gasteiger partial charge in [-0.3, -0.25) is 0 Å². The Morgan fingerprint density at radius 1 is 1.13 bits per heavy atom. The highest BCUT2D eigenvalue weighted by atomic mass is 35.5. The highest BCUT2D eigenvalue weighted by molar-refractivity contribution is 6.33. The highest BCUT2D eigenvalue weighted by Gasteiger charge is 2.21. The molecule has 3 rings (SSSR count).